The molecule has 1 saturated heterocycles. The zero-order chi connectivity index (χ0) is 12.3. The molecule has 0 bridgehead atoms. The molecule has 2 rings (SSSR count). The smallest absolute Gasteiger partial charge is 0.492 e. The molecule has 0 spiro atoms. The van der Waals surface area contributed by atoms with Crippen LogP contribution in [-0.4, -0.2) is 30.9 Å². The van der Waals surface area contributed by atoms with Gasteiger partial charge in [0.15, 0.2) is 0 Å². The number of hydrogen-bond acceptors (Lipinski definition) is 4. The number of hydrogen-bond donors (Lipinski definition) is 2. The van der Waals surface area contributed by atoms with Gasteiger partial charge < -0.3 is 19.5 Å². The summed E-state index contributed by atoms with van der Waals surface area (Å²) in [5, 5.41) is 18.4. The molecule has 92 valence electrons. The SMILES string of the molecule is COc1cc([C@H]2CCCCO2)ccc1B(O)O. The van der Waals surface area contributed by atoms with Crippen molar-refractivity contribution in [2.75, 3.05) is 13.7 Å². The van der Waals surface area contributed by atoms with Crippen LogP contribution in [0.4, 0.5) is 0 Å². The normalized spacial score (nSPS) is 20.1. The summed E-state index contributed by atoms with van der Waals surface area (Å²) < 4.78 is 10.8. The van der Waals surface area contributed by atoms with Gasteiger partial charge >= 0.3 is 7.12 Å². The summed E-state index contributed by atoms with van der Waals surface area (Å²) >= 11 is 0. The van der Waals surface area contributed by atoms with E-state index in [1.807, 2.05) is 12.1 Å². The van der Waals surface area contributed by atoms with Crippen molar-refractivity contribution in [2.24, 2.45) is 0 Å². The van der Waals surface area contributed by atoms with Crippen LogP contribution < -0.4 is 10.2 Å². The molecule has 17 heavy (non-hydrogen) atoms. The maximum absolute atomic E-state index is 9.18. The molecule has 0 unspecified atom stereocenters. The molecule has 0 saturated carbocycles. The first-order valence-corrected chi connectivity index (χ1v) is 5.88. The van der Waals surface area contributed by atoms with Gasteiger partial charge in [-0.1, -0.05) is 12.1 Å². The van der Waals surface area contributed by atoms with E-state index in [4.69, 9.17) is 9.47 Å². The molecule has 1 aromatic rings. The molecule has 0 aliphatic carbocycles. The van der Waals surface area contributed by atoms with Crippen molar-refractivity contribution >= 4 is 12.6 Å². The van der Waals surface area contributed by atoms with Gasteiger partial charge in [0.05, 0.1) is 13.2 Å². The molecule has 1 heterocycles. The Balaban J connectivity index is 2.24. The average molecular weight is 236 g/mol. The van der Waals surface area contributed by atoms with Crippen molar-refractivity contribution in [1.29, 1.82) is 0 Å². The monoisotopic (exact) mass is 236 g/mol. The van der Waals surface area contributed by atoms with Crippen molar-refractivity contribution in [3.05, 3.63) is 23.8 Å². The van der Waals surface area contributed by atoms with Crippen molar-refractivity contribution < 1.29 is 19.5 Å². The molecule has 1 aliphatic heterocycles. The van der Waals surface area contributed by atoms with Crippen molar-refractivity contribution in [2.45, 2.75) is 25.4 Å². The summed E-state index contributed by atoms with van der Waals surface area (Å²) in [5.74, 6) is 0.492. The third kappa shape index (κ3) is 2.80. The molecule has 0 radical (unpaired) electrons. The quantitative estimate of drug-likeness (QED) is 0.755. The first-order valence-electron chi connectivity index (χ1n) is 5.88. The lowest BCUT2D eigenvalue weighted by molar-refractivity contribution is 0.0148. The second-order valence-corrected chi connectivity index (χ2v) is 4.23. The van der Waals surface area contributed by atoms with Crippen molar-refractivity contribution in [3.63, 3.8) is 0 Å². The van der Waals surface area contributed by atoms with Gasteiger partial charge in [0.25, 0.3) is 0 Å². The minimum Gasteiger partial charge on any atom is -0.497 e. The Labute approximate surface area is 101 Å². The molecular weight excluding hydrogens is 219 g/mol. The Bertz CT molecular complexity index is 375. The van der Waals surface area contributed by atoms with Gasteiger partial charge in [-0.25, -0.2) is 0 Å². The molecule has 1 aliphatic rings. The summed E-state index contributed by atoms with van der Waals surface area (Å²) in [6.07, 6.45) is 3.38. The number of rotatable bonds is 3. The number of benzene rings is 1. The van der Waals surface area contributed by atoms with Crippen LogP contribution in [0.5, 0.6) is 5.75 Å². The molecule has 2 N–H and O–H groups in total. The Kier molecular flexibility index (Phi) is 4.04. The Hall–Kier alpha value is -1.04. The minimum atomic E-state index is -1.51. The van der Waals surface area contributed by atoms with Crippen molar-refractivity contribution in [1.82, 2.24) is 0 Å². The van der Waals surface area contributed by atoms with Gasteiger partial charge in [0.2, 0.25) is 0 Å². The van der Waals surface area contributed by atoms with E-state index in [1.54, 1.807) is 6.07 Å². The van der Waals surface area contributed by atoms with Gasteiger partial charge in [-0.3, -0.25) is 0 Å². The summed E-state index contributed by atoms with van der Waals surface area (Å²) in [6.45, 7) is 0.789. The molecule has 1 aromatic carbocycles. The number of ether oxygens (including phenoxy) is 2. The zero-order valence-electron chi connectivity index (χ0n) is 9.93. The van der Waals surface area contributed by atoms with E-state index in [-0.39, 0.29) is 6.10 Å². The largest absolute Gasteiger partial charge is 0.497 e. The number of methoxy groups -OCH3 is 1. The summed E-state index contributed by atoms with van der Waals surface area (Å²) in [4.78, 5) is 0. The standard InChI is InChI=1S/C12H17BO4/c1-16-12-8-9(5-6-10(12)13(14)15)11-4-2-3-7-17-11/h5-6,8,11,14-15H,2-4,7H2,1H3/t11-/m1/s1. The van der Waals surface area contributed by atoms with Crippen molar-refractivity contribution in [3.8, 4) is 5.75 Å². The molecular formula is C12H17BO4. The third-order valence-corrected chi connectivity index (χ3v) is 3.09. The van der Waals surface area contributed by atoms with E-state index in [1.165, 1.54) is 7.11 Å². The predicted octanol–water partition coefficient (Wildman–Crippen LogP) is 0.617. The van der Waals surface area contributed by atoms with Crippen LogP contribution in [0.2, 0.25) is 0 Å². The lowest BCUT2D eigenvalue weighted by atomic mass is 9.78. The highest BCUT2D eigenvalue weighted by Crippen LogP contribution is 2.29. The maximum atomic E-state index is 9.18. The van der Waals surface area contributed by atoms with Crippen LogP contribution in [0.25, 0.3) is 0 Å². The van der Waals surface area contributed by atoms with Crippen LogP contribution in [-0.2, 0) is 4.74 Å². The Morgan fingerprint density at radius 3 is 2.76 bits per heavy atom. The lowest BCUT2D eigenvalue weighted by Gasteiger charge is -2.23. The second-order valence-electron chi connectivity index (χ2n) is 4.23. The van der Waals surface area contributed by atoms with Crippen LogP contribution in [0.15, 0.2) is 18.2 Å². The van der Waals surface area contributed by atoms with E-state index < -0.39 is 7.12 Å². The van der Waals surface area contributed by atoms with E-state index in [2.05, 4.69) is 0 Å². The molecule has 0 aromatic heterocycles. The highest BCUT2D eigenvalue weighted by Gasteiger charge is 2.21. The minimum absolute atomic E-state index is 0.0996. The third-order valence-electron chi connectivity index (χ3n) is 3.09. The van der Waals surface area contributed by atoms with E-state index in [0.717, 1.165) is 31.4 Å². The lowest BCUT2D eigenvalue weighted by Crippen LogP contribution is -2.31. The Morgan fingerprint density at radius 2 is 2.18 bits per heavy atom. The fraction of sp³-hybridized carbons (Fsp3) is 0.500. The van der Waals surface area contributed by atoms with E-state index in [9.17, 15) is 10.0 Å². The fourth-order valence-electron chi connectivity index (χ4n) is 2.14. The zero-order valence-corrected chi connectivity index (χ0v) is 9.93. The average Bonchev–Trinajstić information content (AvgIpc) is 2.39. The highest BCUT2D eigenvalue weighted by molar-refractivity contribution is 6.59. The first-order chi connectivity index (χ1) is 8.22. The van der Waals surface area contributed by atoms with Crippen LogP contribution >= 0.6 is 0 Å². The molecule has 1 fully saturated rings. The van der Waals surface area contributed by atoms with Crippen LogP contribution in [0, 0.1) is 0 Å². The van der Waals surface area contributed by atoms with Gasteiger partial charge in [-0.2, -0.15) is 0 Å². The predicted molar refractivity (Wildman–Crippen MR) is 65.4 cm³/mol. The van der Waals surface area contributed by atoms with Crippen LogP contribution in [0.3, 0.4) is 0 Å². The van der Waals surface area contributed by atoms with Gasteiger partial charge in [0, 0.05) is 12.1 Å². The molecule has 1 atom stereocenters. The molecule has 4 nitrogen and oxygen atoms in total. The first kappa shape index (κ1) is 12.4. The Morgan fingerprint density at radius 1 is 1.35 bits per heavy atom. The fourth-order valence-corrected chi connectivity index (χ4v) is 2.14. The van der Waals surface area contributed by atoms with Crippen LogP contribution in [0.1, 0.15) is 30.9 Å². The highest BCUT2D eigenvalue weighted by atomic mass is 16.5. The summed E-state index contributed by atoms with van der Waals surface area (Å²) in [7, 11) is 0.0125. The van der Waals surface area contributed by atoms with Gasteiger partial charge in [0.1, 0.15) is 5.75 Å². The molecule has 0 amide bonds. The van der Waals surface area contributed by atoms with Gasteiger partial charge in [-0.05, 0) is 30.9 Å². The maximum Gasteiger partial charge on any atom is 0.492 e. The second kappa shape index (κ2) is 5.53. The summed E-state index contributed by atoms with van der Waals surface area (Å²) in [6, 6.07) is 5.37. The van der Waals surface area contributed by atoms with E-state index >= 15 is 0 Å². The molecule has 5 heteroatoms. The van der Waals surface area contributed by atoms with Gasteiger partial charge in [-0.15, -0.1) is 0 Å². The topological polar surface area (TPSA) is 58.9 Å². The summed E-state index contributed by atoms with van der Waals surface area (Å²) in [5.41, 5.74) is 1.41. The van der Waals surface area contributed by atoms with E-state index in [0.29, 0.717) is 11.2 Å².